The van der Waals surface area contributed by atoms with E-state index in [0.717, 1.165) is 15.6 Å². The lowest BCUT2D eigenvalue weighted by molar-refractivity contribution is 0.167. The lowest BCUT2D eigenvalue weighted by Gasteiger charge is -2.18. The van der Waals surface area contributed by atoms with Crippen LogP contribution >= 0.6 is 23.1 Å². The van der Waals surface area contributed by atoms with E-state index >= 15 is 0 Å². The number of aliphatic hydroxyl groups is 1. The van der Waals surface area contributed by atoms with Crippen LogP contribution < -0.4 is 5.73 Å². The van der Waals surface area contributed by atoms with Crippen molar-refractivity contribution in [2.75, 3.05) is 5.75 Å². The van der Waals surface area contributed by atoms with Crippen LogP contribution in [-0.4, -0.2) is 28.0 Å². The van der Waals surface area contributed by atoms with E-state index < -0.39 is 6.10 Å². The molecule has 2 atom stereocenters. The second-order valence-corrected chi connectivity index (χ2v) is 6.61. The summed E-state index contributed by atoms with van der Waals surface area (Å²) in [4.78, 5) is 4.36. The fourth-order valence-corrected chi connectivity index (χ4v) is 3.61. The summed E-state index contributed by atoms with van der Waals surface area (Å²) in [6, 6.07) is 9.78. The van der Waals surface area contributed by atoms with Gasteiger partial charge in [0.05, 0.1) is 6.10 Å². The zero-order valence-electron chi connectivity index (χ0n) is 10.8. The molecule has 0 aliphatic heterocycles. The molecule has 19 heavy (non-hydrogen) atoms. The zero-order valence-corrected chi connectivity index (χ0v) is 12.5. The number of benzene rings is 1. The van der Waals surface area contributed by atoms with E-state index in [9.17, 15) is 5.11 Å². The molecule has 1 aromatic heterocycles. The largest absolute Gasteiger partial charge is 0.391 e. The van der Waals surface area contributed by atoms with Crippen LogP contribution in [0, 0.1) is 6.92 Å². The van der Waals surface area contributed by atoms with Gasteiger partial charge in [-0.1, -0.05) is 42.1 Å². The zero-order chi connectivity index (χ0) is 13.7. The van der Waals surface area contributed by atoms with Crippen LogP contribution in [0.5, 0.6) is 0 Å². The molecule has 0 amide bonds. The summed E-state index contributed by atoms with van der Waals surface area (Å²) in [5.74, 6) is 0.584. The fraction of sp³-hybridized carbons (Fsp3) is 0.357. The maximum atomic E-state index is 10.1. The first-order valence-electron chi connectivity index (χ1n) is 6.17. The molecular formula is C14H18N2OS2. The quantitative estimate of drug-likeness (QED) is 0.804. The van der Waals surface area contributed by atoms with Gasteiger partial charge in [0.2, 0.25) is 0 Å². The van der Waals surface area contributed by atoms with Gasteiger partial charge in [0.1, 0.15) is 4.34 Å². The van der Waals surface area contributed by atoms with Gasteiger partial charge in [-0.05, 0) is 18.9 Å². The molecule has 0 spiro atoms. The number of thioether (sulfide) groups is 1. The van der Waals surface area contributed by atoms with Crippen LogP contribution in [-0.2, 0) is 6.42 Å². The van der Waals surface area contributed by atoms with Crippen LogP contribution in [0.15, 0.2) is 40.1 Å². The molecule has 0 fully saturated rings. The van der Waals surface area contributed by atoms with Crippen LogP contribution in [0.4, 0.5) is 0 Å². The fourth-order valence-electron chi connectivity index (χ4n) is 1.70. The predicted octanol–water partition coefficient (Wildman–Crippen LogP) is 2.47. The molecule has 0 saturated heterocycles. The van der Waals surface area contributed by atoms with Gasteiger partial charge in [0.25, 0.3) is 0 Å². The third kappa shape index (κ3) is 4.62. The third-order valence-corrected chi connectivity index (χ3v) is 5.02. The van der Waals surface area contributed by atoms with Crippen LogP contribution in [0.2, 0.25) is 0 Å². The van der Waals surface area contributed by atoms with Gasteiger partial charge in [-0.3, -0.25) is 0 Å². The topological polar surface area (TPSA) is 59.1 Å². The third-order valence-electron chi connectivity index (χ3n) is 2.78. The molecule has 3 nitrogen and oxygen atoms in total. The van der Waals surface area contributed by atoms with Crippen molar-refractivity contribution in [3.05, 3.63) is 47.0 Å². The van der Waals surface area contributed by atoms with Gasteiger partial charge in [-0.15, -0.1) is 11.3 Å². The second kappa shape index (κ2) is 7.05. The van der Waals surface area contributed by atoms with Crippen molar-refractivity contribution >= 4 is 23.1 Å². The van der Waals surface area contributed by atoms with Crippen LogP contribution in [0.3, 0.4) is 0 Å². The Morgan fingerprint density at radius 1 is 1.37 bits per heavy atom. The van der Waals surface area contributed by atoms with E-state index in [2.05, 4.69) is 4.98 Å². The van der Waals surface area contributed by atoms with Gasteiger partial charge >= 0.3 is 0 Å². The highest BCUT2D eigenvalue weighted by atomic mass is 32.2. The van der Waals surface area contributed by atoms with Gasteiger partial charge in [-0.25, -0.2) is 4.98 Å². The molecule has 0 aliphatic rings. The number of aliphatic hydroxyl groups excluding tert-OH is 1. The average molecular weight is 294 g/mol. The number of aromatic nitrogens is 1. The first-order valence-corrected chi connectivity index (χ1v) is 8.04. The van der Waals surface area contributed by atoms with Crippen LogP contribution in [0.25, 0.3) is 0 Å². The number of hydrogen-bond acceptors (Lipinski definition) is 5. The van der Waals surface area contributed by atoms with E-state index in [4.69, 9.17) is 5.73 Å². The predicted molar refractivity (Wildman–Crippen MR) is 81.7 cm³/mol. The lowest BCUT2D eigenvalue weighted by Crippen LogP contribution is -2.38. The number of hydrogen-bond donors (Lipinski definition) is 2. The maximum absolute atomic E-state index is 10.1. The highest BCUT2D eigenvalue weighted by molar-refractivity contribution is 8.01. The summed E-state index contributed by atoms with van der Waals surface area (Å²) in [6.07, 6.45) is 0.175. The second-order valence-electron chi connectivity index (χ2n) is 4.49. The molecule has 2 rings (SSSR count). The molecule has 3 N–H and O–H groups in total. The smallest absolute Gasteiger partial charge is 0.150 e. The van der Waals surface area contributed by atoms with Gasteiger partial charge < -0.3 is 10.8 Å². The Balaban J connectivity index is 1.80. The van der Waals surface area contributed by atoms with E-state index in [-0.39, 0.29) is 6.04 Å². The van der Waals surface area contributed by atoms with Crippen molar-refractivity contribution in [1.29, 1.82) is 0 Å². The van der Waals surface area contributed by atoms with Gasteiger partial charge in [-0.2, -0.15) is 0 Å². The summed E-state index contributed by atoms with van der Waals surface area (Å²) < 4.78 is 0.989. The Labute approximate surface area is 121 Å². The normalized spacial score (nSPS) is 14.3. The summed E-state index contributed by atoms with van der Waals surface area (Å²) >= 11 is 3.17. The van der Waals surface area contributed by atoms with Crippen molar-refractivity contribution in [2.45, 2.75) is 29.8 Å². The summed E-state index contributed by atoms with van der Waals surface area (Å²) in [5.41, 5.74) is 8.22. The van der Waals surface area contributed by atoms with Crippen molar-refractivity contribution in [2.24, 2.45) is 5.73 Å². The maximum Gasteiger partial charge on any atom is 0.150 e. The molecule has 0 radical (unpaired) electrons. The summed E-state index contributed by atoms with van der Waals surface area (Å²) in [7, 11) is 0. The van der Waals surface area contributed by atoms with Gasteiger partial charge in [0, 0.05) is 22.9 Å². The minimum absolute atomic E-state index is 0.240. The molecule has 0 bridgehead atoms. The number of thiazole rings is 1. The molecule has 0 aliphatic carbocycles. The van der Waals surface area contributed by atoms with Gasteiger partial charge in [0.15, 0.2) is 0 Å². The summed E-state index contributed by atoms with van der Waals surface area (Å²) in [5, 5.41) is 12.1. The lowest BCUT2D eigenvalue weighted by atomic mass is 10.0. The monoisotopic (exact) mass is 294 g/mol. The molecule has 1 heterocycles. The Bertz CT molecular complexity index is 501. The molecule has 5 heteroatoms. The minimum Gasteiger partial charge on any atom is -0.391 e. The molecular weight excluding hydrogens is 276 g/mol. The first-order chi connectivity index (χ1) is 9.15. The minimum atomic E-state index is -0.519. The molecule has 102 valence electrons. The number of aryl methyl sites for hydroxylation is 1. The van der Waals surface area contributed by atoms with E-state index in [0.29, 0.717) is 12.2 Å². The van der Waals surface area contributed by atoms with E-state index in [1.807, 2.05) is 42.6 Å². The van der Waals surface area contributed by atoms with E-state index in [1.165, 1.54) is 0 Å². The Morgan fingerprint density at radius 3 is 2.74 bits per heavy atom. The van der Waals surface area contributed by atoms with Crippen molar-refractivity contribution in [1.82, 2.24) is 4.98 Å². The van der Waals surface area contributed by atoms with Crippen molar-refractivity contribution in [3.63, 3.8) is 0 Å². The SMILES string of the molecule is Cc1csc(SCC(O)C(N)Cc2ccccc2)n1. The van der Waals surface area contributed by atoms with E-state index in [1.54, 1.807) is 23.1 Å². The number of nitrogens with two attached hydrogens (primary N) is 1. The van der Waals surface area contributed by atoms with Crippen molar-refractivity contribution in [3.8, 4) is 0 Å². The Hall–Kier alpha value is -0.880. The summed E-state index contributed by atoms with van der Waals surface area (Å²) in [6.45, 7) is 1.97. The number of rotatable bonds is 6. The number of nitrogens with zero attached hydrogens (tertiary/aromatic N) is 1. The average Bonchev–Trinajstić information content (AvgIpc) is 2.83. The Kier molecular flexibility index (Phi) is 5.39. The molecule has 2 unspecified atom stereocenters. The highest BCUT2D eigenvalue weighted by Gasteiger charge is 2.16. The Morgan fingerprint density at radius 2 is 2.11 bits per heavy atom. The standard InChI is InChI=1S/C14H18N2OS2/c1-10-8-18-14(16-10)19-9-13(17)12(15)7-11-5-3-2-4-6-11/h2-6,8,12-13,17H,7,9,15H2,1H3. The molecule has 1 aromatic carbocycles. The first kappa shape index (κ1) is 14.5. The van der Waals surface area contributed by atoms with Crippen molar-refractivity contribution < 1.29 is 5.11 Å². The van der Waals surface area contributed by atoms with Crippen LogP contribution in [0.1, 0.15) is 11.3 Å². The molecule has 0 saturated carbocycles. The molecule has 2 aromatic rings. The highest BCUT2D eigenvalue weighted by Crippen LogP contribution is 2.23.